The molecule has 0 spiro atoms. The van der Waals surface area contributed by atoms with Gasteiger partial charge in [-0.2, -0.15) is 0 Å². The van der Waals surface area contributed by atoms with Crippen LogP contribution >= 0.6 is 15.9 Å². The van der Waals surface area contributed by atoms with E-state index < -0.39 is 17.6 Å². The van der Waals surface area contributed by atoms with E-state index in [0.29, 0.717) is 5.56 Å². The van der Waals surface area contributed by atoms with Gasteiger partial charge in [-0.05, 0) is 46.9 Å². The Balaban J connectivity index is 1.58. The smallest absolute Gasteiger partial charge is 0.410 e. The van der Waals surface area contributed by atoms with Crippen molar-refractivity contribution in [2.24, 2.45) is 0 Å². The zero-order chi connectivity index (χ0) is 22.2. The number of likely N-dealkylation sites (N-methyl/N-ethyl adjacent to an activating group) is 1. The number of hydrogen-bond donors (Lipinski definition) is 1. The summed E-state index contributed by atoms with van der Waals surface area (Å²) in [4.78, 5) is 26.3. The molecular formula is C25H22BrNO4. The van der Waals surface area contributed by atoms with E-state index in [1.54, 1.807) is 24.3 Å². The van der Waals surface area contributed by atoms with Gasteiger partial charge in [-0.15, -0.1) is 0 Å². The molecule has 0 saturated carbocycles. The Morgan fingerprint density at radius 3 is 2.13 bits per heavy atom. The van der Waals surface area contributed by atoms with Crippen LogP contribution in [0.25, 0.3) is 11.1 Å². The van der Waals surface area contributed by atoms with Crippen LogP contribution in [-0.2, 0) is 15.1 Å². The first-order valence-electron chi connectivity index (χ1n) is 9.92. The number of carboxylic acids is 1. The average molecular weight is 480 g/mol. The molecule has 1 aliphatic rings. The predicted octanol–water partition coefficient (Wildman–Crippen LogP) is 5.63. The Hall–Kier alpha value is -3.12. The van der Waals surface area contributed by atoms with E-state index in [1.165, 1.54) is 14.0 Å². The van der Waals surface area contributed by atoms with Gasteiger partial charge in [-0.3, -0.25) is 4.90 Å². The second-order valence-electron chi connectivity index (χ2n) is 7.75. The van der Waals surface area contributed by atoms with Crippen LogP contribution < -0.4 is 0 Å². The van der Waals surface area contributed by atoms with E-state index in [4.69, 9.17) is 4.74 Å². The molecule has 158 valence electrons. The molecule has 1 atom stereocenters. The summed E-state index contributed by atoms with van der Waals surface area (Å²) in [6.45, 7) is 1.63. The van der Waals surface area contributed by atoms with Crippen LogP contribution in [0.3, 0.4) is 0 Å². The lowest BCUT2D eigenvalue weighted by Gasteiger charge is -2.35. The number of halogens is 1. The Morgan fingerprint density at radius 2 is 1.58 bits per heavy atom. The summed E-state index contributed by atoms with van der Waals surface area (Å²) in [6.07, 6.45) is -0.688. The lowest BCUT2D eigenvalue weighted by Crippen LogP contribution is -2.51. The Morgan fingerprint density at radius 1 is 1.00 bits per heavy atom. The fourth-order valence-electron chi connectivity index (χ4n) is 4.13. The van der Waals surface area contributed by atoms with Crippen LogP contribution in [0.5, 0.6) is 0 Å². The summed E-state index contributed by atoms with van der Waals surface area (Å²) in [7, 11) is 1.45. The second-order valence-corrected chi connectivity index (χ2v) is 8.67. The zero-order valence-electron chi connectivity index (χ0n) is 17.2. The molecule has 3 aromatic carbocycles. The monoisotopic (exact) mass is 479 g/mol. The summed E-state index contributed by atoms with van der Waals surface area (Å²) in [5.74, 6) is -1.23. The normalized spacial score (nSPS) is 14.3. The highest BCUT2D eigenvalue weighted by Crippen LogP contribution is 2.44. The summed E-state index contributed by atoms with van der Waals surface area (Å²) in [6, 6.07) is 23.1. The number of rotatable bonds is 5. The lowest BCUT2D eigenvalue weighted by molar-refractivity contribution is -0.149. The molecule has 0 bridgehead atoms. The molecule has 0 radical (unpaired) electrons. The Labute approximate surface area is 189 Å². The molecule has 1 aliphatic carbocycles. The number of nitrogens with zero attached hydrogens (tertiary/aromatic N) is 1. The fourth-order valence-corrected chi connectivity index (χ4v) is 4.52. The van der Waals surface area contributed by atoms with Crippen LogP contribution in [0.4, 0.5) is 4.79 Å². The van der Waals surface area contributed by atoms with Crippen molar-refractivity contribution in [3.05, 3.63) is 94.0 Å². The summed E-state index contributed by atoms with van der Waals surface area (Å²) in [5, 5.41) is 9.97. The third-order valence-corrected chi connectivity index (χ3v) is 6.58. The molecule has 5 nitrogen and oxygen atoms in total. The second kappa shape index (κ2) is 8.19. The molecule has 0 saturated heterocycles. The molecule has 0 fully saturated rings. The predicted molar refractivity (Wildman–Crippen MR) is 122 cm³/mol. The molecule has 1 N–H and O–H groups in total. The number of carbonyl (C=O) groups excluding carboxylic acids is 1. The van der Waals surface area contributed by atoms with Gasteiger partial charge in [0.1, 0.15) is 6.61 Å². The summed E-state index contributed by atoms with van der Waals surface area (Å²) >= 11 is 3.37. The van der Waals surface area contributed by atoms with Gasteiger partial charge < -0.3 is 9.84 Å². The van der Waals surface area contributed by atoms with Crippen LogP contribution in [0, 0.1) is 0 Å². The molecule has 4 rings (SSSR count). The Kier molecular flexibility index (Phi) is 5.58. The molecule has 3 aromatic rings. The zero-order valence-corrected chi connectivity index (χ0v) is 18.8. The fraction of sp³-hybridized carbons (Fsp3) is 0.200. The number of carbonyl (C=O) groups is 2. The van der Waals surface area contributed by atoms with Gasteiger partial charge in [0.15, 0.2) is 5.54 Å². The van der Waals surface area contributed by atoms with Crippen molar-refractivity contribution in [1.29, 1.82) is 0 Å². The first kappa shape index (κ1) is 21.1. The minimum absolute atomic E-state index is 0.0910. The molecule has 31 heavy (non-hydrogen) atoms. The maximum Gasteiger partial charge on any atom is 0.410 e. The van der Waals surface area contributed by atoms with Gasteiger partial charge in [0, 0.05) is 17.4 Å². The van der Waals surface area contributed by atoms with Gasteiger partial charge in [-0.25, -0.2) is 9.59 Å². The van der Waals surface area contributed by atoms with Gasteiger partial charge in [0.05, 0.1) is 0 Å². The van der Waals surface area contributed by atoms with Crippen molar-refractivity contribution in [3.63, 3.8) is 0 Å². The topological polar surface area (TPSA) is 66.8 Å². The van der Waals surface area contributed by atoms with Crippen LogP contribution in [0.1, 0.15) is 29.5 Å². The first-order valence-corrected chi connectivity index (χ1v) is 10.7. The van der Waals surface area contributed by atoms with Crippen LogP contribution in [-0.4, -0.2) is 35.7 Å². The van der Waals surface area contributed by atoms with Gasteiger partial charge in [-0.1, -0.05) is 76.6 Å². The largest absolute Gasteiger partial charge is 0.479 e. The summed E-state index contributed by atoms with van der Waals surface area (Å²) < 4.78 is 6.40. The number of aliphatic carboxylic acids is 1. The molecule has 0 heterocycles. The lowest BCUT2D eigenvalue weighted by atomic mass is 9.91. The Bertz CT molecular complexity index is 1120. The van der Waals surface area contributed by atoms with Crippen molar-refractivity contribution in [2.45, 2.75) is 18.4 Å². The van der Waals surface area contributed by atoms with Gasteiger partial charge >= 0.3 is 12.1 Å². The molecule has 1 unspecified atom stereocenters. The standard InChI is InChI=1S/C25H22BrNO4/c1-25(23(28)29,16-8-7-9-17(26)14-16)27(2)24(30)31-15-22-20-12-5-3-10-18(20)19-11-4-6-13-21(19)22/h3-14,22H,15H2,1-2H3,(H,28,29). The van der Waals surface area contributed by atoms with Crippen molar-refractivity contribution in [1.82, 2.24) is 4.90 Å². The number of benzene rings is 3. The highest BCUT2D eigenvalue weighted by atomic mass is 79.9. The van der Waals surface area contributed by atoms with Crippen molar-refractivity contribution in [3.8, 4) is 11.1 Å². The van der Waals surface area contributed by atoms with Crippen LogP contribution in [0.2, 0.25) is 0 Å². The third-order valence-electron chi connectivity index (χ3n) is 6.08. The molecule has 1 amide bonds. The van der Waals surface area contributed by atoms with E-state index in [9.17, 15) is 14.7 Å². The minimum Gasteiger partial charge on any atom is -0.479 e. The number of amides is 1. The molecular weight excluding hydrogens is 458 g/mol. The number of ether oxygens (including phenoxy) is 1. The maximum atomic E-state index is 13.0. The van der Waals surface area contributed by atoms with Crippen LogP contribution in [0.15, 0.2) is 77.3 Å². The molecule has 6 heteroatoms. The number of fused-ring (bicyclic) bond motifs is 3. The highest BCUT2D eigenvalue weighted by molar-refractivity contribution is 9.10. The minimum atomic E-state index is -1.58. The molecule has 0 aromatic heterocycles. The third kappa shape index (κ3) is 3.61. The highest BCUT2D eigenvalue weighted by Gasteiger charge is 2.43. The SMILES string of the molecule is CN(C(=O)OCC1c2ccccc2-c2ccccc21)C(C)(C(=O)O)c1cccc(Br)c1. The first-order chi connectivity index (χ1) is 14.8. The van der Waals surface area contributed by atoms with E-state index in [1.807, 2.05) is 36.4 Å². The summed E-state index contributed by atoms with van der Waals surface area (Å²) in [5.41, 5.74) is 3.38. The van der Waals surface area contributed by atoms with E-state index >= 15 is 0 Å². The van der Waals surface area contributed by atoms with Crippen molar-refractivity contribution >= 4 is 28.0 Å². The maximum absolute atomic E-state index is 13.0. The van der Waals surface area contributed by atoms with Crippen molar-refractivity contribution < 1.29 is 19.4 Å². The molecule has 0 aliphatic heterocycles. The van der Waals surface area contributed by atoms with E-state index in [2.05, 4.69) is 28.1 Å². The van der Waals surface area contributed by atoms with E-state index in [-0.39, 0.29) is 12.5 Å². The van der Waals surface area contributed by atoms with Crippen molar-refractivity contribution in [2.75, 3.05) is 13.7 Å². The van der Waals surface area contributed by atoms with E-state index in [0.717, 1.165) is 31.6 Å². The quantitative estimate of drug-likeness (QED) is 0.514. The van der Waals surface area contributed by atoms with Gasteiger partial charge in [0.25, 0.3) is 0 Å². The number of hydrogen-bond acceptors (Lipinski definition) is 3. The average Bonchev–Trinajstić information content (AvgIpc) is 3.10. The number of carboxylic acid groups (broad SMARTS) is 1. The van der Waals surface area contributed by atoms with Gasteiger partial charge in [0.2, 0.25) is 0 Å².